The molecule has 5 heteroatoms. The zero-order valence-corrected chi connectivity index (χ0v) is 15.3. The van der Waals surface area contributed by atoms with Crippen LogP contribution in [0.4, 0.5) is 5.82 Å². The third-order valence-corrected chi connectivity index (χ3v) is 3.86. The fourth-order valence-electron chi connectivity index (χ4n) is 2.69. The van der Waals surface area contributed by atoms with Gasteiger partial charge in [0.2, 0.25) is 0 Å². The molecule has 0 unspecified atom stereocenters. The predicted molar refractivity (Wildman–Crippen MR) is 103 cm³/mol. The minimum absolute atomic E-state index is 0.102. The summed E-state index contributed by atoms with van der Waals surface area (Å²) in [5.41, 5.74) is 2.91. The summed E-state index contributed by atoms with van der Waals surface area (Å²) in [7, 11) is 0. The zero-order valence-electron chi connectivity index (χ0n) is 15.3. The van der Waals surface area contributed by atoms with Gasteiger partial charge in [0, 0.05) is 11.6 Å². The van der Waals surface area contributed by atoms with Crippen molar-refractivity contribution in [3.8, 4) is 5.75 Å². The number of ether oxygens (including phenoxy) is 1. The maximum absolute atomic E-state index is 12.5. The van der Waals surface area contributed by atoms with Crippen LogP contribution in [0.15, 0.2) is 60.8 Å². The van der Waals surface area contributed by atoms with Gasteiger partial charge >= 0.3 is 0 Å². The number of hydrogen-bond acceptors (Lipinski definition) is 3. The molecule has 0 saturated carbocycles. The summed E-state index contributed by atoms with van der Waals surface area (Å²) in [6.45, 7) is 6.60. The highest BCUT2D eigenvalue weighted by molar-refractivity contribution is 6.03. The van der Waals surface area contributed by atoms with Crippen LogP contribution in [0.1, 0.15) is 35.3 Å². The van der Waals surface area contributed by atoms with Crippen LogP contribution in [0.25, 0.3) is 0 Å². The van der Waals surface area contributed by atoms with Gasteiger partial charge < -0.3 is 10.1 Å². The molecule has 0 spiro atoms. The van der Waals surface area contributed by atoms with E-state index in [9.17, 15) is 4.79 Å². The molecule has 1 heterocycles. The van der Waals surface area contributed by atoms with Gasteiger partial charge in [-0.25, -0.2) is 4.68 Å². The van der Waals surface area contributed by atoms with Crippen molar-refractivity contribution in [3.63, 3.8) is 0 Å². The molecule has 0 atom stereocenters. The topological polar surface area (TPSA) is 56.2 Å². The van der Waals surface area contributed by atoms with Gasteiger partial charge in [0.15, 0.2) is 0 Å². The molecule has 5 nitrogen and oxygen atoms in total. The Hall–Kier alpha value is -3.08. The number of aryl methyl sites for hydroxylation is 1. The minimum atomic E-state index is -0.174. The van der Waals surface area contributed by atoms with Gasteiger partial charge in [-0.05, 0) is 50.6 Å². The zero-order chi connectivity index (χ0) is 18.5. The molecule has 26 heavy (non-hydrogen) atoms. The van der Waals surface area contributed by atoms with Crippen LogP contribution in [0.5, 0.6) is 5.75 Å². The summed E-state index contributed by atoms with van der Waals surface area (Å²) in [5.74, 6) is 1.24. The maximum Gasteiger partial charge on any atom is 0.256 e. The van der Waals surface area contributed by atoms with Gasteiger partial charge in [0.05, 0.1) is 18.8 Å². The summed E-state index contributed by atoms with van der Waals surface area (Å²) < 4.78 is 7.38. The van der Waals surface area contributed by atoms with Crippen molar-refractivity contribution in [3.05, 3.63) is 77.5 Å². The molecular weight excluding hydrogens is 326 g/mol. The smallest absolute Gasteiger partial charge is 0.256 e. The quantitative estimate of drug-likeness (QED) is 0.723. The first-order chi connectivity index (χ1) is 12.5. The highest BCUT2D eigenvalue weighted by Gasteiger charge is 2.10. The van der Waals surface area contributed by atoms with Crippen LogP contribution in [0.2, 0.25) is 0 Å². The Bertz CT molecular complexity index is 882. The van der Waals surface area contributed by atoms with E-state index >= 15 is 0 Å². The number of amides is 1. The fourth-order valence-corrected chi connectivity index (χ4v) is 2.69. The molecule has 0 aliphatic carbocycles. The van der Waals surface area contributed by atoms with Gasteiger partial charge in [-0.1, -0.05) is 29.8 Å². The molecule has 3 rings (SSSR count). The summed E-state index contributed by atoms with van der Waals surface area (Å²) in [6, 6.07) is 17.2. The Balaban J connectivity index is 1.69. The van der Waals surface area contributed by atoms with Gasteiger partial charge in [0.25, 0.3) is 5.91 Å². The van der Waals surface area contributed by atoms with E-state index in [-0.39, 0.29) is 12.0 Å². The van der Waals surface area contributed by atoms with E-state index in [0.717, 1.165) is 11.3 Å². The number of nitrogens with zero attached hydrogens (tertiary/aromatic N) is 2. The van der Waals surface area contributed by atoms with E-state index in [1.54, 1.807) is 41.2 Å². The first kappa shape index (κ1) is 17.7. The molecule has 0 saturated heterocycles. The number of carbonyl (C=O) groups is 1. The highest BCUT2D eigenvalue weighted by Crippen LogP contribution is 2.16. The molecule has 1 aromatic heterocycles. The predicted octanol–water partition coefficient (Wildman–Crippen LogP) is 4.28. The van der Waals surface area contributed by atoms with Gasteiger partial charge in [0.1, 0.15) is 11.6 Å². The van der Waals surface area contributed by atoms with Crippen molar-refractivity contribution in [2.75, 3.05) is 5.32 Å². The van der Waals surface area contributed by atoms with Crippen molar-refractivity contribution in [2.45, 2.75) is 33.4 Å². The molecule has 0 fully saturated rings. The first-order valence-corrected chi connectivity index (χ1v) is 8.66. The lowest BCUT2D eigenvalue weighted by Gasteiger charge is -2.11. The monoisotopic (exact) mass is 349 g/mol. The molecule has 0 aliphatic heterocycles. The van der Waals surface area contributed by atoms with Crippen molar-refractivity contribution in [1.29, 1.82) is 0 Å². The lowest BCUT2D eigenvalue weighted by atomic mass is 10.1. The van der Waals surface area contributed by atoms with Crippen LogP contribution in [-0.2, 0) is 6.54 Å². The number of anilines is 1. The summed E-state index contributed by atoms with van der Waals surface area (Å²) in [5, 5.41) is 7.24. The standard InChI is InChI=1S/C21H23N3O2/c1-15(2)26-19-9-7-18(8-10-19)21(25)23-20-11-12-22-24(20)14-17-6-4-5-16(3)13-17/h4-13,15H,14H2,1-3H3,(H,23,25). The molecule has 0 radical (unpaired) electrons. The summed E-state index contributed by atoms with van der Waals surface area (Å²) in [4.78, 5) is 12.5. The van der Waals surface area contributed by atoms with Gasteiger partial charge in [-0.2, -0.15) is 5.10 Å². The number of carbonyl (C=O) groups excluding carboxylic acids is 1. The SMILES string of the molecule is Cc1cccc(Cn2nccc2NC(=O)c2ccc(OC(C)C)cc2)c1. The van der Waals surface area contributed by atoms with Crippen LogP contribution in [0, 0.1) is 6.92 Å². The summed E-state index contributed by atoms with van der Waals surface area (Å²) in [6.07, 6.45) is 1.79. The van der Waals surface area contributed by atoms with Gasteiger partial charge in [-0.3, -0.25) is 4.79 Å². The van der Waals surface area contributed by atoms with Crippen LogP contribution in [-0.4, -0.2) is 21.8 Å². The number of rotatable bonds is 6. The van der Waals surface area contributed by atoms with Crippen LogP contribution < -0.4 is 10.1 Å². The van der Waals surface area contributed by atoms with E-state index < -0.39 is 0 Å². The van der Waals surface area contributed by atoms with Crippen molar-refractivity contribution < 1.29 is 9.53 Å². The first-order valence-electron chi connectivity index (χ1n) is 8.66. The van der Waals surface area contributed by atoms with E-state index in [4.69, 9.17) is 4.74 Å². The Kier molecular flexibility index (Phi) is 5.37. The van der Waals surface area contributed by atoms with Crippen LogP contribution >= 0.6 is 0 Å². The molecule has 134 valence electrons. The molecule has 1 N–H and O–H groups in total. The molecular formula is C21H23N3O2. The van der Waals surface area contributed by atoms with Crippen LogP contribution in [0.3, 0.4) is 0 Å². The van der Waals surface area contributed by atoms with E-state index in [2.05, 4.69) is 29.5 Å². The molecule has 2 aromatic carbocycles. The second kappa shape index (κ2) is 7.87. The molecule has 0 aliphatic rings. The maximum atomic E-state index is 12.5. The Morgan fingerprint density at radius 3 is 2.62 bits per heavy atom. The highest BCUT2D eigenvalue weighted by atomic mass is 16.5. The fraction of sp³-hybridized carbons (Fsp3) is 0.238. The van der Waals surface area contributed by atoms with Gasteiger partial charge in [-0.15, -0.1) is 0 Å². The number of hydrogen-bond donors (Lipinski definition) is 1. The largest absolute Gasteiger partial charge is 0.491 e. The number of nitrogens with one attached hydrogen (secondary N) is 1. The normalized spacial score (nSPS) is 10.8. The third-order valence-electron chi connectivity index (χ3n) is 3.86. The third kappa shape index (κ3) is 4.51. The Labute approximate surface area is 153 Å². The van der Waals surface area contributed by atoms with Crippen molar-refractivity contribution >= 4 is 11.7 Å². The minimum Gasteiger partial charge on any atom is -0.491 e. The van der Waals surface area contributed by atoms with Crippen molar-refractivity contribution in [1.82, 2.24) is 9.78 Å². The lowest BCUT2D eigenvalue weighted by Crippen LogP contribution is -2.16. The van der Waals surface area contributed by atoms with E-state index in [1.165, 1.54) is 5.56 Å². The second-order valence-corrected chi connectivity index (χ2v) is 6.51. The number of aromatic nitrogens is 2. The molecule has 1 amide bonds. The van der Waals surface area contributed by atoms with E-state index in [1.807, 2.05) is 26.0 Å². The second-order valence-electron chi connectivity index (χ2n) is 6.51. The molecule has 3 aromatic rings. The Morgan fingerprint density at radius 1 is 1.15 bits per heavy atom. The molecule has 0 bridgehead atoms. The number of benzene rings is 2. The average Bonchev–Trinajstić information content (AvgIpc) is 3.01. The summed E-state index contributed by atoms with van der Waals surface area (Å²) >= 11 is 0. The van der Waals surface area contributed by atoms with E-state index in [0.29, 0.717) is 17.9 Å². The average molecular weight is 349 g/mol. The Morgan fingerprint density at radius 2 is 1.92 bits per heavy atom. The lowest BCUT2D eigenvalue weighted by molar-refractivity contribution is 0.102. The van der Waals surface area contributed by atoms with Crippen molar-refractivity contribution in [2.24, 2.45) is 0 Å².